The van der Waals surface area contributed by atoms with E-state index in [0.29, 0.717) is 30.5 Å². The zero-order chi connectivity index (χ0) is 30.4. The quantitative estimate of drug-likeness (QED) is 0.203. The van der Waals surface area contributed by atoms with Crippen LogP contribution in [0.2, 0.25) is 10.0 Å². The fourth-order valence-electron chi connectivity index (χ4n) is 3.49. The van der Waals surface area contributed by atoms with Gasteiger partial charge >= 0.3 is 0 Å². The van der Waals surface area contributed by atoms with Crippen molar-refractivity contribution in [2.24, 2.45) is 0 Å². The Balaban J connectivity index is 0.000000194. The van der Waals surface area contributed by atoms with Crippen molar-refractivity contribution < 1.29 is 21.9 Å². The van der Waals surface area contributed by atoms with Crippen molar-refractivity contribution in [3.63, 3.8) is 0 Å². The Morgan fingerprint density at radius 3 is 1.86 bits per heavy atom. The van der Waals surface area contributed by atoms with Crippen LogP contribution in [-0.4, -0.2) is 60.9 Å². The van der Waals surface area contributed by atoms with Gasteiger partial charge in [0.15, 0.2) is 14.9 Å². The average Bonchev–Trinajstić information content (AvgIpc) is 2.95. The van der Waals surface area contributed by atoms with Crippen LogP contribution in [0.3, 0.4) is 0 Å². The lowest BCUT2D eigenvalue weighted by molar-refractivity contribution is 0.122. The fourth-order valence-corrected chi connectivity index (χ4v) is 6.03. The van der Waals surface area contributed by atoms with E-state index >= 15 is 0 Å². The second-order valence-corrected chi connectivity index (χ2v) is 13.0. The van der Waals surface area contributed by atoms with E-state index in [9.17, 15) is 17.2 Å². The highest BCUT2D eigenvalue weighted by Crippen LogP contribution is 2.28. The van der Waals surface area contributed by atoms with E-state index in [1.54, 1.807) is 12.3 Å². The van der Waals surface area contributed by atoms with Crippen LogP contribution in [0.25, 0.3) is 0 Å². The summed E-state index contributed by atoms with van der Waals surface area (Å²) < 4.78 is 55.7. The van der Waals surface area contributed by atoms with Gasteiger partial charge in [0.1, 0.15) is 17.5 Å². The van der Waals surface area contributed by atoms with Crippen LogP contribution in [0.15, 0.2) is 62.8 Å². The van der Waals surface area contributed by atoms with Crippen molar-refractivity contribution in [3.8, 4) is 0 Å². The third-order valence-corrected chi connectivity index (χ3v) is 8.45. The maximum absolute atomic E-state index is 13.2. The van der Waals surface area contributed by atoms with Crippen LogP contribution in [-0.2, 0) is 14.6 Å². The molecule has 2 aromatic carbocycles. The zero-order valence-electron chi connectivity index (χ0n) is 21.6. The first-order chi connectivity index (χ1) is 19.9. The molecule has 0 radical (unpaired) electrons. The fraction of sp³-hybridized carbons (Fsp3) is 0.200. The van der Waals surface area contributed by atoms with E-state index < -0.39 is 21.5 Å². The molecule has 2 N–H and O–H groups in total. The van der Waals surface area contributed by atoms with Crippen LogP contribution in [0, 0.1) is 11.6 Å². The van der Waals surface area contributed by atoms with Crippen LogP contribution < -0.4 is 15.5 Å². The molecule has 0 aliphatic carbocycles. The molecule has 0 spiro atoms. The smallest absolute Gasteiger partial charge is 0.229 e. The molecule has 0 atom stereocenters. The van der Waals surface area contributed by atoms with E-state index in [-0.39, 0.29) is 25.5 Å². The molecule has 4 aromatic rings. The minimum Gasteiger partial charge on any atom is -0.378 e. The molecule has 3 heterocycles. The summed E-state index contributed by atoms with van der Waals surface area (Å²) in [4.78, 5) is 18.7. The standard InChI is InChI=1S/C14H13BrClFN4O.C11H8BrClFN3O2S/c15-10-8-18-14(19-9-1-2-12(17)11(16)7-9)20-13(10)21-3-5-22-6-4-21;1-20(18,19)10-7(12)5-15-11(17-10)16-6-2-3-9(14)8(13)4-6/h1-2,7-8H,3-6H2,(H,18,19,20);2-5H,1H3,(H,15,16,17). The van der Waals surface area contributed by atoms with E-state index in [2.05, 4.69) is 67.3 Å². The Morgan fingerprint density at radius 1 is 0.857 bits per heavy atom. The molecular formula is C25H21Br2Cl2F2N7O3S. The normalized spacial score (nSPS) is 13.3. The third kappa shape index (κ3) is 8.67. The molecular weight excluding hydrogens is 747 g/mol. The summed E-state index contributed by atoms with van der Waals surface area (Å²) in [6.45, 7) is 2.90. The van der Waals surface area contributed by atoms with E-state index in [1.165, 1.54) is 36.5 Å². The van der Waals surface area contributed by atoms with Gasteiger partial charge in [-0.1, -0.05) is 23.2 Å². The Morgan fingerprint density at radius 2 is 1.36 bits per heavy atom. The summed E-state index contributed by atoms with van der Waals surface area (Å²) >= 11 is 18.0. The predicted octanol–water partition coefficient (Wildman–Crippen LogP) is 6.79. The highest BCUT2D eigenvalue weighted by Gasteiger charge is 2.17. The van der Waals surface area contributed by atoms with Gasteiger partial charge in [-0.15, -0.1) is 0 Å². The molecule has 0 saturated carbocycles. The van der Waals surface area contributed by atoms with Crippen LogP contribution in [0.5, 0.6) is 0 Å². The van der Waals surface area contributed by atoms with Gasteiger partial charge in [-0.3, -0.25) is 0 Å². The molecule has 0 unspecified atom stereocenters. The van der Waals surface area contributed by atoms with Gasteiger partial charge in [0, 0.05) is 43.1 Å². The van der Waals surface area contributed by atoms with Gasteiger partial charge in [0.2, 0.25) is 11.9 Å². The van der Waals surface area contributed by atoms with Gasteiger partial charge in [-0.05, 0) is 68.3 Å². The summed E-state index contributed by atoms with van der Waals surface area (Å²) in [6, 6.07) is 8.35. The second-order valence-electron chi connectivity index (χ2n) is 8.59. The summed E-state index contributed by atoms with van der Waals surface area (Å²) in [5, 5.41) is 5.64. The Hall–Kier alpha value is -2.69. The Bertz CT molecular complexity index is 1700. The molecule has 1 aliphatic rings. The molecule has 1 aliphatic heterocycles. The first kappa shape index (κ1) is 32.2. The number of ether oxygens (including phenoxy) is 1. The van der Waals surface area contributed by atoms with Crippen molar-refractivity contribution in [2.75, 3.05) is 48.1 Å². The number of morpholine rings is 1. The number of rotatable bonds is 6. The Kier molecular flexibility index (Phi) is 10.9. The lowest BCUT2D eigenvalue weighted by atomic mass is 10.3. The molecule has 222 valence electrons. The van der Waals surface area contributed by atoms with Gasteiger partial charge in [-0.2, -0.15) is 9.97 Å². The van der Waals surface area contributed by atoms with Gasteiger partial charge < -0.3 is 20.3 Å². The lowest BCUT2D eigenvalue weighted by Crippen LogP contribution is -2.37. The monoisotopic (exact) mass is 765 g/mol. The highest BCUT2D eigenvalue weighted by molar-refractivity contribution is 9.10. The molecule has 2 aromatic heterocycles. The van der Waals surface area contributed by atoms with Gasteiger partial charge in [-0.25, -0.2) is 27.2 Å². The molecule has 0 bridgehead atoms. The molecule has 1 saturated heterocycles. The van der Waals surface area contributed by atoms with E-state index in [0.717, 1.165) is 29.6 Å². The minimum atomic E-state index is -3.49. The number of nitrogens with zero attached hydrogens (tertiary/aromatic N) is 5. The van der Waals surface area contributed by atoms with Crippen molar-refractivity contribution in [1.29, 1.82) is 0 Å². The summed E-state index contributed by atoms with van der Waals surface area (Å²) in [5.74, 6) is 0.279. The summed E-state index contributed by atoms with van der Waals surface area (Å²) in [7, 11) is -3.49. The lowest BCUT2D eigenvalue weighted by Gasteiger charge is -2.28. The van der Waals surface area contributed by atoms with Gasteiger partial charge in [0.05, 0.1) is 32.2 Å². The second kappa shape index (κ2) is 14.2. The van der Waals surface area contributed by atoms with Crippen molar-refractivity contribution in [3.05, 3.63) is 79.4 Å². The molecule has 42 heavy (non-hydrogen) atoms. The third-order valence-electron chi connectivity index (χ3n) is 5.45. The number of anilines is 5. The molecule has 0 amide bonds. The number of hydrogen-bond donors (Lipinski definition) is 2. The number of benzene rings is 2. The molecule has 10 nitrogen and oxygen atoms in total. The maximum Gasteiger partial charge on any atom is 0.229 e. The van der Waals surface area contributed by atoms with Crippen LogP contribution in [0.4, 0.5) is 37.9 Å². The summed E-state index contributed by atoms with van der Waals surface area (Å²) in [6.07, 6.45) is 4.04. The minimum absolute atomic E-state index is 0.0514. The Labute approximate surface area is 267 Å². The highest BCUT2D eigenvalue weighted by atomic mass is 79.9. The van der Waals surface area contributed by atoms with Gasteiger partial charge in [0.25, 0.3) is 0 Å². The number of hydrogen-bond acceptors (Lipinski definition) is 10. The SMILES string of the molecule is CS(=O)(=O)c1nc(Nc2ccc(F)c(Cl)c2)ncc1Br.Fc1ccc(Nc2ncc(Br)c(N3CCOCC3)n2)cc1Cl. The van der Waals surface area contributed by atoms with E-state index in [4.69, 9.17) is 27.9 Å². The molecule has 5 rings (SSSR count). The zero-order valence-corrected chi connectivity index (χ0v) is 27.1. The predicted molar refractivity (Wildman–Crippen MR) is 165 cm³/mol. The summed E-state index contributed by atoms with van der Waals surface area (Å²) in [5.41, 5.74) is 1.07. The van der Waals surface area contributed by atoms with Crippen molar-refractivity contribution in [2.45, 2.75) is 5.03 Å². The number of aromatic nitrogens is 4. The van der Waals surface area contributed by atoms with Crippen LogP contribution in [0.1, 0.15) is 0 Å². The average molecular weight is 768 g/mol. The maximum atomic E-state index is 13.2. The van der Waals surface area contributed by atoms with Crippen molar-refractivity contribution >= 4 is 94.0 Å². The first-order valence-corrected chi connectivity index (χ1v) is 16.2. The molecule has 1 fully saturated rings. The number of nitrogens with one attached hydrogen (secondary N) is 2. The largest absolute Gasteiger partial charge is 0.378 e. The number of halogens is 6. The topological polar surface area (TPSA) is 122 Å². The number of sulfone groups is 1. The van der Waals surface area contributed by atoms with Crippen LogP contribution >= 0.6 is 55.1 Å². The molecule has 17 heteroatoms. The van der Waals surface area contributed by atoms with Crippen molar-refractivity contribution in [1.82, 2.24) is 19.9 Å². The van der Waals surface area contributed by atoms with E-state index in [1.807, 2.05) is 0 Å². The first-order valence-electron chi connectivity index (χ1n) is 11.9.